The van der Waals surface area contributed by atoms with Gasteiger partial charge in [-0.1, -0.05) is 12.1 Å². The zero-order valence-electron chi connectivity index (χ0n) is 14.6. The first-order valence-corrected chi connectivity index (χ1v) is 8.32. The summed E-state index contributed by atoms with van der Waals surface area (Å²) >= 11 is 0. The number of fused-ring (bicyclic) bond motifs is 1. The van der Waals surface area contributed by atoms with Gasteiger partial charge in [0.25, 0.3) is 11.8 Å². The molecule has 134 valence electrons. The molecule has 2 aliphatic heterocycles. The number of amides is 3. The molecule has 7 nitrogen and oxygen atoms in total. The fraction of sp³-hybridized carbons (Fsp3) is 0.500. The van der Waals surface area contributed by atoms with Gasteiger partial charge in [-0.2, -0.15) is 0 Å². The van der Waals surface area contributed by atoms with Crippen LogP contribution in [0.5, 0.6) is 0 Å². The van der Waals surface area contributed by atoms with Gasteiger partial charge < -0.3 is 14.4 Å². The van der Waals surface area contributed by atoms with Crippen molar-refractivity contribution >= 4 is 17.9 Å². The minimum atomic E-state index is -0.552. The van der Waals surface area contributed by atoms with Crippen LogP contribution in [-0.2, 0) is 15.9 Å². The molecule has 1 fully saturated rings. The fourth-order valence-electron chi connectivity index (χ4n) is 3.04. The van der Waals surface area contributed by atoms with Crippen LogP contribution in [0.25, 0.3) is 0 Å². The van der Waals surface area contributed by atoms with Crippen LogP contribution in [0.4, 0.5) is 4.79 Å². The summed E-state index contributed by atoms with van der Waals surface area (Å²) in [6.45, 7) is 6.73. The monoisotopic (exact) mass is 346 g/mol. The Morgan fingerprint density at radius 1 is 1.32 bits per heavy atom. The molecule has 3 rings (SSSR count). The van der Waals surface area contributed by atoms with Crippen LogP contribution in [0.15, 0.2) is 18.2 Å². The Morgan fingerprint density at radius 3 is 2.80 bits per heavy atom. The molecular formula is C18H22N2O5. The van der Waals surface area contributed by atoms with Crippen LogP contribution in [0.2, 0.25) is 0 Å². The molecule has 2 aliphatic rings. The number of nitrogens with one attached hydrogen (secondary N) is 1. The van der Waals surface area contributed by atoms with Crippen molar-refractivity contribution in [2.24, 2.45) is 0 Å². The summed E-state index contributed by atoms with van der Waals surface area (Å²) in [6.07, 6.45) is -0.174. The maximum atomic E-state index is 12.2. The molecule has 0 bridgehead atoms. The van der Waals surface area contributed by atoms with Gasteiger partial charge in [0.1, 0.15) is 5.60 Å². The number of hydrogen-bond acceptors (Lipinski definition) is 5. The zero-order chi connectivity index (χ0) is 18.2. The minimum Gasteiger partial charge on any atom is -0.444 e. The molecule has 0 spiro atoms. The Morgan fingerprint density at radius 2 is 2.08 bits per heavy atom. The molecular weight excluding hydrogens is 324 g/mol. The average molecular weight is 346 g/mol. The molecule has 1 aromatic carbocycles. The van der Waals surface area contributed by atoms with Crippen molar-refractivity contribution in [2.45, 2.75) is 38.9 Å². The van der Waals surface area contributed by atoms with E-state index in [1.807, 2.05) is 26.8 Å². The van der Waals surface area contributed by atoms with E-state index in [-0.39, 0.29) is 24.0 Å². The smallest absolute Gasteiger partial charge is 0.410 e. The molecule has 7 heteroatoms. The van der Waals surface area contributed by atoms with Gasteiger partial charge in [0, 0.05) is 13.0 Å². The molecule has 0 radical (unpaired) electrons. The van der Waals surface area contributed by atoms with Gasteiger partial charge in [-0.15, -0.1) is 0 Å². The van der Waals surface area contributed by atoms with Gasteiger partial charge in [-0.05, 0) is 32.4 Å². The Labute approximate surface area is 146 Å². The predicted molar refractivity (Wildman–Crippen MR) is 89.5 cm³/mol. The molecule has 0 unspecified atom stereocenters. The Balaban J connectivity index is 1.71. The van der Waals surface area contributed by atoms with E-state index < -0.39 is 5.60 Å². The number of imide groups is 1. The summed E-state index contributed by atoms with van der Waals surface area (Å²) in [4.78, 5) is 37.6. The molecule has 1 N–H and O–H groups in total. The topological polar surface area (TPSA) is 84.9 Å². The van der Waals surface area contributed by atoms with E-state index in [9.17, 15) is 14.4 Å². The Kier molecular flexibility index (Phi) is 4.51. The maximum Gasteiger partial charge on any atom is 0.410 e. The van der Waals surface area contributed by atoms with E-state index in [0.717, 1.165) is 5.56 Å². The van der Waals surface area contributed by atoms with Crippen LogP contribution in [0, 0.1) is 0 Å². The number of carbonyl (C=O) groups is 3. The van der Waals surface area contributed by atoms with Crippen molar-refractivity contribution in [3.8, 4) is 0 Å². The second kappa shape index (κ2) is 6.48. The summed E-state index contributed by atoms with van der Waals surface area (Å²) in [7, 11) is 0. The highest BCUT2D eigenvalue weighted by Gasteiger charge is 2.32. The van der Waals surface area contributed by atoms with Gasteiger partial charge in [0.2, 0.25) is 0 Å². The quantitative estimate of drug-likeness (QED) is 0.825. The van der Waals surface area contributed by atoms with Crippen LogP contribution < -0.4 is 5.32 Å². The Bertz CT molecular complexity index is 723. The lowest BCUT2D eigenvalue weighted by atomic mass is 9.97. The number of nitrogens with zero attached hydrogens (tertiary/aromatic N) is 1. The van der Waals surface area contributed by atoms with Gasteiger partial charge in [0.15, 0.2) is 0 Å². The molecule has 0 saturated carbocycles. The molecule has 0 aliphatic carbocycles. The van der Waals surface area contributed by atoms with Crippen molar-refractivity contribution in [3.05, 3.63) is 34.9 Å². The normalized spacial score (nSPS) is 20.3. The number of carbonyl (C=O) groups excluding carboxylic acids is 3. The van der Waals surface area contributed by atoms with Crippen LogP contribution in [-0.4, -0.2) is 54.2 Å². The third-order valence-electron chi connectivity index (χ3n) is 4.09. The van der Waals surface area contributed by atoms with Gasteiger partial charge in [-0.25, -0.2) is 4.79 Å². The summed E-state index contributed by atoms with van der Waals surface area (Å²) in [5.41, 5.74) is 0.994. The third kappa shape index (κ3) is 3.82. The van der Waals surface area contributed by atoms with E-state index in [0.29, 0.717) is 37.2 Å². The summed E-state index contributed by atoms with van der Waals surface area (Å²) < 4.78 is 11.2. The van der Waals surface area contributed by atoms with E-state index >= 15 is 0 Å². The number of ether oxygens (including phenoxy) is 2. The number of hydrogen-bond donors (Lipinski definition) is 1. The van der Waals surface area contributed by atoms with Crippen LogP contribution in [0.1, 0.15) is 47.1 Å². The fourth-order valence-corrected chi connectivity index (χ4v) is 3.04. The van der Waals surface area contributed by atoms with E-state index in [4.69, 9.17) is 9.47 Å². The molecule has 1 saturated heterocycles. The molecule has 0 aromatic heterocycles. The first kappa shape index (κ1) is 17.4. The van der Waals surface area contributed by atoms with E-state index in [1.165, 1.54) is 0 Å². The van der Waals surface area contributed by atoms with Crippen molar-refractivity contribution in [1.29, 1.82) is 0 Å². The SMILES string of the molecule is CC(C)(C)OC(=O)N1CCO[C@@H](Cc2cccc3c2C(=O)NC3=O)C1. The van der Waals surface area contributed by atoms with E-state index in [2.05, 4.69) is 5.32 Å². The largest absolute Gasteiger partial charge is 0.444 e. The van der Waals surface area contributed by atoms with Crippen LogP contribution in [0.3, 0.4) is 0 Å². The first-order valence-electron chi connectivity index (χ1n) is 8.32. The molecule has 3 amide bonds. The standard InChI is InChI=1S/C18H22N2O5/c1-18(2,3)25-17(23)20-7-8-24-12(10-20)9-11-5-4-6-13-14(11)16(22)19-15(13)21/h4-6,12H,7-10H2,1-3H3,(H,19,21,22)/t12-/m0/s1. The van der Waals surface area contributed by atoms with E-state index in [1.54, 1.807) is 17.0 Å². The molecule has 1 aromatic rings. The second-order valence-electron chi connectivity index (χ2n) is 7.25. The lowest BCUT2D eigenvalue weighted by Crippen LogP contribution is -2.48. The molecule has 25 heavy (non-hydrogen) atoms. The maximum absolute atomic E-state index is 12.2. The minimum absolute atomic E-state index is 0.253. The van der Waals surface area contributed by atoms with Gasteiger partial charge in [0.05, 0.1) is 30.4 Å². The van der Waals surface area contributed by atoms with Gasteiger partial charge in [-0.3, -0.25) is 14.9 Å². The molecule has 2 heterocycles. The highest BCUT2D eigenvalue weighted by molar-refractivity contribution is 6.22. The summed E-state index contributed by atoms with van der Waals surface area (Å²) in [6, 6.07) is 5.20. The van der Waals surface area contributed by atoms with Crippen molar-refractivity contribution in [2.75, 3.05) is 19.7 Å². The lowest BCUT2D eigenvalue weighted by molar-refractivity contribution is -0.0415. The highest BCUT2D eigenvalue weighted by Crippen LogP contribution is 2.23. The second-order valence-corrected chi connectivity index (χ2v) is 7.25. The zero-order valence-corrected chi connectivity index (χ0v) is 14.6. The van der Waals surface area contributed by atoms with Gasteiger partial charge >= 0.3 is 6.09 Å². The summed E-state index contributed by atoms with van der Waals surface area (Å²) in [5.74, 6) is -0.753. The number of rotatable bonds is 2. The molecule has 1 atom stereocenters. The highest BCUT2D eigenvalue weighted by atomic mass is 16.6. The average Bonchev–Trinajstić information content (AvgIpc) is 2.82. The first-order chi connectivity index (χ1) is 11.7. The summed E-state index contributed by atoms with van der Waals surface area (Å²) in [5, 5.41) is 2.31. The lowest BCUT2D eigenvalue weighted by Gasteiger charge is -2.34. The third-order valence-corrected chi connectivity index (χ3v) is 4.09. The Hall–Kier alpha value is -2.41. The number of benzene rings is 1. The van der Waals surface area contributed by atoms with Crippen molar-refractivity contribution in [1.82, 2.24) is 10.2 Å². The van der Waals surface area contributed by atoms with Crippen molar-refractivity contribution in [3.63, 3.8) is 0 Å². The van der Waals surface area contributed by atoms with Crippen molar-refractivity contribution < 1.29 is 23.9 Å². The van der Waals surface area contributed by atoms with Crippen LogP contribution >= 0.6 is 0 Å². The number of morpholine rings is 1. The predicted octanol–water partition coefficient (Wildman–Crippen LogP) is 1.75.